The first-order valence-electron chi connectivity index (χ1n) is 8.33. The van der Waals surface area contributed by atoms with Gasteiger partial charge in [-0.05, 0) is 18.2 Å². The summed E-state index contributed by atoms with van der Waals surface area (Å²) >= 11 is 5.68. The summed E-state index contributed by atoms with van der Waals surface area (Å²) < 4.78 is 10.6. The minimum Gasteiger partial charge on any atom is -0.454 e. The van der Waals surface area contributed by atoms with Gasteiger partial charge in [-0.15, -0.1) is 0 Å². The minimum atomic E-state index is -0.958. The van der Waals surface area contributed by atoms with Crippen molar-refractivity contribution < 1.29 is 28.6 Å². The number of nitro benzene ring substituents is 2. The normalized spacial score (nSPS) is 10.6. The topological polar surface area (TPSA) is 177 Å². The van der Waals surface area contributed by atoms with E-state index >= 15 is 0 Å². The molecule has 1 N–H and O–H groups in total. The zero-order valence-electron chi connectivity index (χ0n) is 15.3. The SMILES string of the molecule is O=C(COC(=O)Cn1c(=O)oc2cc([N+](=O)[O-])ccc21)Nc1ccc(Cl)c([N+](=O)[O-])c1. The van der Waals surface area contributed by atoms with E-state index in [9.17, 15) is 34.6 Å². The van der Waals surface area contributed by atoms with E-state index in [1.54, 1.807) is 0 Å². The van der Waals surface area contributed by atoms with Crippen molar-refractivity contribution in [2.45, 2.75) is 6.54 Å². The molecule has 13 nitrogen and oxygen atoms in total. The lowest BCUT2D eigenvalue weighted by Gasteiger charge is -2.07. The largest absolute Gasteiger partial charge is 0.454 e. The van der Waals surface area contributed by atoms with E-state index in [0.717, 1.165) is 22.8 Å². The monoisotopic (exact) mass is 450 g/mol. The third-order valence-electron chi connectivity index (χ3n) is 3.94. The maximum Gasteiger partial charge on any atom is 0.420 e. The number of non-ortho nitro benzene ring substituents is 1. The lowest BCUT2D eigenvalue weighted by molar-refractivity contribution is -0.384. The molecular weight excluding hydrogens is 440 g/mol. The second-order valence-corrected chi connectivity index (χ2v) is 6.40. The van der Waals surface area contributed by atoms with Crippen molar-refractivity contribution in [1.82, 2.24) is 4.57 Å². The van der Waals surface area contributed by atoms with Gasteiger partial charge in [0.2, 0.25) is 0 Å². The molecule has 0 saturated heterocycles. The van der Waals surface area contributed by atoms with Crippen LogP contribution in [0.4, 0.5) is 17.1 Å². The van der Waals surface area contributed by atoms with Crippen LogP contribution in [0.1, 0.15) is 0 Å². The Hall–Kier alpha value is -4.26. The van der Waals surface area contributed by atoms with Gasteiger partial charge in [-0.2, -0.15) is 0 Å². The molecule has 3 aromatic rings. The van der Waals surface area contributed by atoms with Crippen molar-refractivity contribution in [2.75, 3.05) is 11.9 Å². The number of rotatable bonds is 7. The molecule has 14 heteroatoms. The van der Waals surface area contributed by atoms with Crippen LogP contribution in [0, 0.1) is 20.2 Å². The van der Waals surface area contributed by atoms with Gasteiger partial charge in [0.15, 0.2) is 12.2 Å². The van der Waals surface area contributed by atoms with Crippen molar-refractivity contribution in [3.05, 3.63) is 72.2 Å². The van der Waals surface area contributed by atoms with Gasteiger partial charge in [0.05, 0.1) is 21.4 Å². The number of hydrogen-bond acceptors (Lipinski definition) is 9. The Bertz CT molecular complexity index is 1280. The number of oxazole rings is 1. The van der Waals surface area contributed by atoms with E-state index in [1.807, 2.05) is 0 Å². The number of nitrogens with zero attached hydrogens (tertiary/aromatic N) is 3. The first-order valence-corrected chi connectivity index (χ1v) is 8.70. The average Bonchev–Trinajstić information content (AvgIpc) is 3.02. The number of nitrogens with one attached hydrogen (secondary N) is 1. The zero-order valence-corrected chi connectivity index (χ0v) is 16.0. The summed E-state index contributed by atoms with van der Waals surface area (Å²) in [6.07, 6.45) is 0. The van der Waals surface area contributed by atoms with Crippen molar-refractivity contribution in [3.8, 4) is 0 Å². The van der Waals surface area contributed by atoms with Gasteiger partial charge in [-0.3, -0.25) is 34.4 Å². The molecule has 3 rings (SSSR count). The highest BCUT2D eigenvalue weighted by Gasteiger charge is 2.18. The van der Waals surface area contributed by atoms with Crippen LogP contribution in [-0.2, 0) is 20.9 Å². The van der Waals surface area contributed by atoms with E-state index in [0.29, 0.717) is 0 Å². The molecule has 2 aromatic carbocycles. The third-order valence-corrected chi connectivity index (χ3v) is 4.26. The van der Waals surface area contributed by atoms with Gasteiger partial charge in [0.1, 0.15) is 11.6 Å². The van der Waals surface area contributed by atoms with Crippen LogP contribution in [0.3, 0.4) is 0 Å². The van der Waals surface area contributed by atoms with Crippen LogP contribution in [-0.4, -0.2) is 32.9 Å². The molecule has 0 unspecified atom stereocenters. The fourth-order valence-electron chi connectivity index (χ4n) is 2.57. The highest BCUT2D eigenvalue weighted by Crippen LogP contribution is 2.27. The molecule has 0 spiro atoms. The number of carbonyl (C=O) groups excluding carboxylic acids is 2. The molecular formula is C17H11ClN4O9. The lowest BCUT2D eigenvalue weighted by Crippen LogP contribution is -2.25. The number of nitro groups is 2. The summed E-state index contributed by atoms with van der Waals surface area (Å²) in [6.45, 7) is -1.34. The maximum atomic E-state index is 12.0. The quantitative estimate of drug-likeness (QED) is 0.321. The number of hydrogen-bond donors (Lipinski definition) is 1. The molecule has 31 heavy (non-hydrogen) atoms. The molecule has 160 valence electrons. The number of esters is 1. The van der Waals surface area contributed by atoms with Gasteiger partial charge in [-0.25, -0.2) is 4.79 Å². The van der Waals surface area contributed by atoms with Gasteiger partial charge in [-0.1, -0.05) is 11.6 Å². The number of ether oxygens (including phenoxy) is 1. The lowest BCUT2D eigenvalue weighted by atomic mass is 10.3. The van der Waals surface area contributed by atoms with Gasteiger partial charge < -0.3 is 14.5 Å². The zero-order chi connectivity index (χ0) is 22.7. The van der Waals surface area contributed by atoms with Gasteiger partial charge in [0.25, 0.3) is 17.3 Å². The van der Waals surface area contributed by atoms with Crippen LogP contribution >= 0.6 is 11.6 Å². The molecule has 0 fully saturated rings. The van der Waals surface area contributed by atoms with Crippen LogP contribution in [0.25, 0.3) is 11.1 Å². The number of carbonyl (C=O) groups is 2. The number of fused-ring (bicyclic) bond motifs is 1. The predicted molar refractivity (Wildman–Crippen MR) is 105 cm³/mol. The Balaban J connectivity index is 1.63. The second kappa shape index (κ2) is 8.62. The minimum absolute atomic E-state index is 0.0655. The molecule has 1 amide bonds. The molecule has 1 heterocycles. The first kappa shape index (κ1) is 21.4. The first-order chi connectivity index (χ1) is 14.7. The highest BCUT2D eigenvalue weighted by atomic mass is 35.5. The number of benzene rings is 2. The summed E-state index contributed by atoms with van der Waals surface area (Å²) in [5.74, 6) is -2.68. The summed E-state index contributed by atoms with van der Waals surface area (Å²) in [5.41, 5.74) is -0.603. The second-order valence-electron chi connectivity index (χ2n) is 6.00. The number of anilines is 1. The maximum absolute atomic E-state index is 12.0. The predicted octanol–water partition coefficient (Wildman–Crippen LogP) is 2.25. The van der Waals surface area contributed by atoms with Crippen molar-refractivity contribution in [3.63, 3.8) is 0 Å². The van der Waals surface area contributed by atoms with Crippen molar-refractivity contribution >= 4 is 51.6 Å². The fourth-order valence-corrected chi connectivity index (χ4v) is 2.75. The van der Waals surface area contributed by atoms with E-state index in [2.05, 4.69) is 5.32 Å². The standard InChI is InChI=1S/C17H11ClN4O9/c18-11-3-1-9(5-13(11)22(28)29)19-15(23)8-30-16(24)7-20-12-4-2-10(21(26)27)6-14(12)31-17(20)25/h1-6H,7-8H2,(H,19,23). The van der Waals surface area contributed by atoms with E-state index in [1.165, 1.54) is 18.2 Å². The molecule has 0 aliphatic rings. The van der Waals surface area contributed by atoms with Crippen molar-refractivity contribution in [1.29, 1.82) is 0 Å². The van der Waals surface area contributed by atoms with Crippen LogP contribution in [0.2, 0.25) is 5.02 Å². The van der Waals surface area contributed by atoms with Crippen LogP contribution in [0.5, 0.6) is 0 Å². The molecule has 0 aliphatic carbocycles. The highest BCUT2D eigenvalue weighted by molar-refractivity contribution is 6.32. The smallest absolute Gasteiger partial charge is 0.420 e. The van der Waals surface area contributed by atoms with E-state index < -0.39 is 46.3 Å². The summed E-state index contributed by atoms with van der Waals surface area (Å²) in [7, 11) is 0. The Morgan fingerprint density at radius 3 is 2.55 bits per heavy atom. The number of aromatic nitrogens is 1. The Kier molecular flexibility index (Phi) is 5.97. The third kappa shape index (κ3) is 4.84. The number of halogens is 1. The molecule has 0 radical (unpaired) electrons. The van der Waals surface area contributed by atoms with Gasteiger partial charge >= 0.3 is 11.7 Å². The molecule has 0 aliphatic heterocycles. The average molecular weight is 451 g/mol. The summed E-state index contributed by atoms with van der Waals surface area (Å²) in [5, 5.41) is 23.9. The van der Waals surface area contributed by atoms with E-state index in [4.69, 9.17) is 20.8 Å². The molecule has 0 atom stereocenters. The summed E-state index contributed by atoms with van der Waals surface area (Å²) in [6, 6.07) is 7.01. The summed E-state index contributed by atoms with van der Waals surface area (Å²) in [4.78, 5) is 56.1. The molecule has 0 bridgehead atoms. The van der Waals surface area contributed by atoms with Gasteiger partial charge in [0, 0.05) is 17.8 Å². The molecule has 0 saturated carbocycles. The van der Waals surface area contributed by atoms with Crippen molar-refractivity contribution in [2.24, 2.45) is 0 Å². The van der Waals surface area contributed by atoms with E-state index in [-0.39, 0.29) is 27.5 Å². The Morgan fingerprint density at radius 2 is 1.87 bits per heavy atom. The fraction of sp³-hybridized carbons (Fsp3) is 0.118. The molecule has 1 aromatic heterocycles. The Morgan fingerprint density at radius 1 is 1.13 bits per heavy atom. The van der Waals surface area contributed by atoms with Crippen LogP contribution < -0.4 is 11.1 Å². The Labute approximate surface area is 176 Å². The van der Waals surface area contributed by atoms with Crippen LogP contribution in [0.15, 0.2) is 45.6 Å². The number of amides is 1.